The molecule has 2 N–H and O–H groups in total. The van der Waals surface area contributed by atoms with Gasteiger partial charge in [0, 0.05) is 11.4 Å². The first kappa shape index (κ1) is 33.2. The summed E-state index contributed by atoms with van der Waals surface area (Å²) in [5, 5.41) is 4.73. The number of benzene rings is 6. The van der Waals surface area contributed by atoms with Gasteiger partial charge in [-0.15, -0.1) is 0 Å². The molecule has 0 aliphatic heterocycles. The smallest absolute Gasteiger partial charge is 0.258 e. The van der Waals surface area contributed by atoms with Gasteiger partial charge in [-0.25, -0.2) is 35.1 Å². The Labute approximate surface area is 284 Å². The molecule has 1 aliphatic carbocycles. The van der Waals surface area contributed by atoms with Crippen molar-refractivity contribution < 1.29 is 44.7 Å². The van der Waals surface area contributed by atoms with Crippen molar-refractivity contribution in [2.24, 2.45) is 0 Å². The summed E-state index contributed by atoms with van der Waals surface area (Å²) in [4.78, 5) is 25.5. The van der Waals surface area contributed by atoms with Crippen LogP contribution in [0.2, 0.25) is 0 Å². The Morgan fingerprint density at radius 2 is 0.784 bits per heavy atom. The van der Waals surface area contributed by atoms with Crippen LogP contribution in [0.5, 0.6) is 0 Å². The molecular formula is C39H20F8N2O2. The van der Waals surface area contributed by atoms with E-state index in [0.29, 0.717) is 11.1 Å². The molecule has 7 rings (SSSR count). The van der Waals surface area contributed by atoms with Crippen molar-refractivity contribution in [2.75, 3.05) is 10.6 Å². The molecule has 51 heavy (non-hydrogen) atoms. The summed E-state index contributed by atoms with van der Waals surface area (Å²) in [5.74, 6) is -17.9. The van der Waals surface area contributed by atoms with Gasteiger partial charge in [-0.3, -0.25) is 9.59 Å². The van der Waals surface area contributed by atoms with Gasteiger partial charge in [0.2, 0.25) is 0 Å². The number of hydrogen-bond donors (Lipinski definition) is 2. The number of fused-ring (bicyclic) bond motifs is 3. The van der Waals surface area contributed by atoms with E-state index in [1.807, 2.05) is 48.5 Å². The number of carbonyl (C=O) groups is 2. The second-order valence-electron chi connectivity index (χ2n) is 11.6. The molecule has 0 fully saturated rings. The third-order valence-corrected chi connectivity index (χ3v) is 8.80. The first-order valence-electron chi connectivity index (χ1n) is 15.1. The molecule has 0 bridgehead atoms. The van der Waals surface area contributed by atoms with Gasteiger partial charge in [-0.05, 0) is 69.8 Å². The molecule has 254 valence electrons. The number of rotatable bonds is 6. The normalized spacial score (nSPS) is 12.6. The Morgan fingerprint density at radius 3 is 1.16 bits per heavy atom. The first-order chi connectivity index (χ1) is 24.4. The molecule has 0 spiro atoms. The average Bonchev–Trinajstić information content (AvgIpc) is 3.44. The molecule has 12 heteroatoms. The van der Waals surface area contributed by atoms with E-state index < -0.39 is 74.9 Å². The Hall–Kier alpha value is -6.30. The minimum atomic E-state index is -2.12. The maximum atomic E-state index is 14.3. The van der Waals surface area contributed by atoms with Crippen LogP contribution < -0.4 is 10.6 Å². The third kappa shape index (κ3) is 5.30. The molecule has 6 aromatic rings. The third-order valence-electron chi connectivity index (χ3n) is 8.80. The van der Waals surface area contributed by atoms with E-state index in [2.05, 4.69) is 10.6 Å². The van der Waals surface area contributed by atoms with Crippen molar-refractivity contribution in [3.8, 4) is 11.1 Å². The van der Waals surface area contributed by atoms with Crippen LogP contribution in [0.3, 0.4) is 0 Å². The zero-order valence-electron chi connectivity index (χ0n) is 25.7. The van der Waals surface area contributed by atoms with Crippen molar-refractivity contribution in [1.82, 2.24) is 0 Å². The SMILES string of the molecule is O=C(Nc1ccc(C2(c3ccc(NC(=O)c4cc(F)c(F)c(F)c4F)cc3)c3ccccc3-c3ccccc32)cc1)c1cc(F)c(F)c(F)c1F. The molecule has 0 saturated heterocycles. The van der Waals surface area contributed by atoms with Gasteiger partial charge in [0.05, 0.1) is 16.5 Å². The van der Waals surface area contributed by atoms with E-state index in [1.165, 1.54) is 24.3 Å². The van der Waals surface area contributed by atoms with Crippen molar-refractivity contribution in [1.29, 1.82) is 0 Å². The number of anilines is 2. The van der Waals surface area contributed by atoms with Crippen LogP contribution in [0.1, 0.15) is 43.0 Å². The van der Waals surface area contributed by atoms with Crippen LogP contribution in [-0.2, 0) is 5.41 Å². The molecule has 0 saturated carbocycles. The summed E-state index contributed by atoms with van der Waals surface area (Å²) < 4.78 is 111. The van der Waals surface area contributed by atoms with Crippen molar-refractivity contribution in [3.63, 3.8) is 0 Å². The van der Waals surface area contributed by atoms with Crippen molar-refractivity contribution in [3.05, 3.63) is 189 Å². The van der Waals surface area contributed by atoms with E-state index >= 15 is 0 Å². The van der Waals surface area contributed by atoms with Gasteiger partial charge in [0.1, 0.15) is 0 Å². The van der Waals surface area contributed by atoms with Crippen molar-refractivity contribution >= 4 is 23.2 Å². The second-order valence-corrected chi connectivity index (χ2v) is 11.6. The summed E-state index contributed by atoms with van der Waals surface area (Å²) in [6.07, 6.45) is 0. The molecule has 0 aromatic heterocycles. The lowest BCUT2D eigenvalue weighted by molar-refractivity contribution is 0.101. The van der Waals surface area contributed by atoms with Gasteiger partial charge in [-0.2, -0.15) is 0 Å². The zero-order valence-corrected chi connectivity index (χ0v) is 25.7. The fourth-order valence-electron chi connectivity index (χ4n) is 6.50. The molecule has 2 amide bonds. The Balaban J connectivity index is 1.28. The number of halogens is 8. The monoisotopic (exact) mass is 700 g/mol. The van der Waals surface area contributed by atoms with Gasteiger partial charge < -0.3 is 10.6 Å². The summed E-state index contributed by atoms with van der Waals surface area (Å²) >= 11 is 0. The Kier molecular flexibility index (Phi) is 8.17. The summed E-state index contributed by atoms with van der Waals surface area (Å²) in [6, 6.07) is 28.5. The summed E-state index contributed by atoms with van der Waals surface area (Å²) in [7, 11) is 0. The number of carbonyl (C=O) groups excluding carboxylic acids is 2. The van der Waals surface area contributed by atoms with E-state index in [-0.39, 0.29) is 23.5 Å². The first-order valence-corrected chi connectivity index (χ1v) is 15.1. The molecular weight excluding hydrogens is 680 g/mol. The molecule has 6 aromatic carbocycles. The fraction of sp³-hybridized carbons (Fsp3) is 0.0256. The highest BCUT2D eigenvalue weighted by Crippen LogP contribution is 2.56. The minimum Gasteiger partial charge on any atom is -0.322 e. The molecule has 0 unspecified atom stereocenters. The summed E-state index contributed by atoms with van der Waals surface area (Å²) in [6.45, 7) is 0. The number of amides is 2. The minimum absolute atomic E-state index is 0.127. The standard InChI is InChI=1S/C39H20F8N2O2/c40-29-17-25(31(42)35(46)33(29)44)37(50)48-21-13-9-19(10-14-21)39(27-7-3-1-5-23(27)24-6-2-4-8-28(24)39)20-11-15-22(16-12-20)49-38(51)26-18-30(41)34(45)36(47)32(26)43/h1-18H,(H,48,50)(H,49,51). The highest BCUT2D eigenvalue weighted by molar-refractivity contribution is 6.05. The predicted molar refractivity (Wildman–Crippen MR) is 172 cm³/mol. The Morgan fingerprint density at radius 1 is 0.431 bits per heavy atom. The average molecular weight is 701 g/mol. The fourth-order valence-corrected chi connectivity index (χ4v) is 6.50. The quantitative estimate of drug-likeness (QED) is 0.103. The van der Waals surface area contributed by atoms with E-state index in [9.17, 15) is 44.7 Å². The summed E-state index contributed by atoms with van der Waals surface area (Å²) in [5.41, 5.74) is 2.08. The van der Waals surface area contributed by atoms with Crippen LogP contribution in [0, 0.1) is 46.5 Å². The molecule has 0 heterocycles. The van der Waals surface area contributed by atoms with Crippen LogP contribution in [0.15, 0.2) is 109 Å². The van der Waals surface area contributed by atoms with Crippen LogP contribution in [0.4, 0.5) is 46.5 Å². The largest absolute Gasteiger partial charge is 0.322 e. The van der Waals surface area contributed by atoms with Gasteiger partial charge >= 0.3 is 0 Å². The lowest BCUT2D eigenvalue weighted by Gasteiger charge is -2.34. The maximum Gasteiger partial charge on any atom is 0.258 e. The van der Waals surface area contributed by atoms with E-state index in [0.717, 1.165) is 22.3 Å². The second kappa shape index (κ2) is 12.5. The maximum absolute atomic E-state index is 14.3. The van der Waals surface area contributed by atoms with E-state index in [1.54, 1.807) is 24.3 Å². The Bertz CT molecular complexity index is 2230. The van der Waals surface area contributed by atoms with Crippen molar-refractivity contribution in [2.45, 2.75) is 5.41 Å². The molecule has 0 radical (unpaired) electrons. The highest BCUT2D eigenvalue weighted by Gasteiger charge is 2.46. The predicted octanol–water partition coefficient (Wildman–Crippen LogP) is 9.67. The lowest BCUT2D eigenvalue weighted by atomic mass is 9.67. The molecule has 1 aliphatic rings. The van der Waals surface area contributed by atoms with Crippen LogP contribution in [0.25, 0.3) is 11.1 Å². The molecule has 4 nitrogen and oxygen atoms in total. The van der Waals surface area contributed by atoms with Crippen LogP contribution >= 0.6 is 0 Å². The molecule has 0 atom stereocenters. The lowest BCUT2D eigenvalue weighted by Crippen LogP contribution is -2.28. The van der Waals surface area contributed by atoms with Gasteiger partial charge in [0.15, 0.2) is 46.5 Å². The van der Waals surface area contributed by atoms with Gasteiger partial charge in [-0.1, -0.05) is 72.8 Å². The zero-order chi connectivity index (χ0) is 36.2. The van der Waals surface area contributed by atoms with Crippen LogP contribution in [-0.4, -0.2) is 11.8 Å². The number of hydrogen-bond acceptors (Lipinski definition) is 2. The topological polar surface area (TPSA) is 58.2 Å². The highest BCUT2D eigenvalue weighted by atomic mass is 19.2. The van der Waals surface area contributed by atoms with Gasteiger partial charge in [0.25, 0.3) is 11.8 Å². The van der Waals surface area contributed by atoms with E-state index in [4.69, 9.17) is 0 Å². The number of nitrogens with one attached hydrogen (secondary N) is 2.